The van der Waals surface area contributed by atoms with Crippen LogP contribution in [-0.2, 0) is 4.74 Å². The van der Waals surface area contributed by atoms with Gasteiger partial charge in [-0.2, -0.15) is 0 Å². The Bertz CT molecular complexity index is 209. The van der Waals surface area contributed by atoms with E-state index in [0.29, 0.717) is 6.61 Å². The van der Waals surface area contributed by atoms with Crippen molar-refractivity contribution in [2.45, 2.75) is 18.6 Å². The Morgan fingerprint density at radius 2 is 1.87 bits per heavy atom. The lowest BCUT2D eigenvalue weighted by molar-refractivity contribution is -0.0596. The molecule has 0 unspecified atom stereocenters. The van der Waals surface area contributed by atoms with Crippen molar-refractivity contribution in [1.29, 1.82) is 0 Å². The summed E-state index contributed by atoms with van der Waals surface area (Å²) in [5.74, 6) is 0.227. The summed E-state index contributed by atoms with van der Waals surface area (Å²) in [6.07, 6.45) is -0.373. The van der Waals surface area contributed by atoms with Gasteiger partial charge in [-0.15, -0.1) is 0 Å². The number of hydrogen-bond acceptors (Lipinski definition) is 4. The molecule has 90 valence electrons. The molecule has 0 spiro atoms. The van der Waals surface area contributed by atoms with Gasteiger partial charge in [0.15, 0.2) is 0 Å². The number of nitrogens with zero attached hydrogens (tertiary/aromatic N) is 2. The predicted octanol–water partition coefficient (Wildman–Crippen LogP) is -0.124. The van der Waals surface area contributed by atoms with Crippen LogP contribution < -0.4 is 0 Å². The van der Waals surface area contributed by atoms with Crippen LogP contribution in [0.25, 0.3) is 0 Å². The van der Waals surface area contributed by atoms with Crippen molar-refractivity contribution in [3.05, 3.63) is 0 Å². The Hall–Kier alpha value is -0.160. The highest BCUT2D eigenvalue weighted by Crippen LogP contribution is 2.31. The molecule has 1 aliphatic rings. The molecule has 1 heterocycles. The summed E-state index contributed by atoms with van der Waals surface area (Å²) in [5.41, 5.74) is -0.413. The van der Waals surface area contributed by atoms with Crippen LogP contribution in [0.1, 0.15) is 6.92 Å². The maximum atomic E-state index is 10.2. The summed E-state index contributed by atoms with van der Waals surface area (Å²) >= 11 is 0. The average molecular weight is 216 g/mol. The lowest BCUT2D eigenvalue weighted by Gasteiger charge is -2.31. The fourth-order valence-corrected chi connectivity index (χ4v) is 2.36. The van der Waals surface area contributed by atoms with Gasteiger partial charge in [0.2, 0.25) is 0 Å². The molecule has 1 fully saturated rings. The number of ether oxygens (including phenoxy) is 1. The molecule has 0 amide bonds. The number of likely N-dealkylation sites (N-methyl/N-ethyl adjacent to an activating group) is 1. The van der Waals surface area contributed by atoms with Gasteiger partial charge in [-0.25, -0.2) is 0 Å². The van der Waals surface area contributed by atoms with Gasteiger partial charge in [-0.3, -0.25) is 0 Å². The second kappa shape index (κ2) is 4.78. The van der Waals surface area contributed by atoms with Crippen LogP contribution in [0, 0.1) is 5.92 Å². The molecule has 4 nitrogen and oxygen atoms in total. The molecule has 0 bridgehead atoms. The SMILES string of the molecule is CN(C)C[C@@H]1CO[C@@](C)(CN(C)C)[C@H]1O. The van der Waals surface area contributed by atoms with Gasteiger partial charge in [0.05, 0.1) is 12.7 Å². The van der Waals surface area contributed by atoms with Crippen molar-refractivity contribution >= 4 is 0 Å². The van der Waals surface area contributed by atoms with E-state index >= 15 is 0 Å². The zero-order valence-corrected chi connectivity index (χ0v) is 10.5. The van der Waals surface area contributed by atoms with Gasteiger partial charge in [0.1, 0.15) is 5.60 Å². The predicted molar refractivity (Wildman–Crippen MR) is 61.0 cm³/mol. The van der Waals surface area contributed by atoms with E-state index in [4.69, 9.17) is 4.74 Å². The standard InChI is InChI=1S/C11H24N2O2/c1-11(8-13(4)5)10(14)9(7-15-11)6-12(2)3/h9-10,14H,6-8H2,1-5H3/t9-,10+,11+/m1/s1. The topological polar surface area (TPSA) is 35.9 Å². The Labute approximate surface area is 92.8 Å². The molecule has 0 aromatic carbocycles. The third-order valence-electron chi connectivity index (χ3n) is 2.93. The molecule has 0 radical (unpaired) electrons. The third-order valence-corrected chi connectivity index (χ3v) is 2.93. The van der Waals surface area contributed by atoms with Crippen molar-refractivity contribution in [3.8, 4) is 0 Å². The second-order valence-corrected chi connectivity index (χ2v) is 5.33. The van der Waals surface area contributed by atoms with Gasteiger partial charge in [-0.05, 0) is 35.1 Å². The van der Waals surface area contributed by atoms with Gasteiger partial charge < -0.3 is 19.6 Å². The Morgan fingerprint density at radius 1 is 1.27 bits per heavy atom. The van der Waals surface area contributed by atoms with Crippen LogP contribution >= 0.6 is 0 Å². The zero-order chi connectivity index (χ0) is 11.6. The van der Waals surface area contributed by atoms with Crippen LogP contribution in [-0.4, -0.2) is 74.5 Å². The van der Waals surface area contributed by atoms with Crippen LogP contribution in [0.3, 0.4) is 0 Å². The first kappa shape index (κ1) is 12.9. The highest BCUT2D eigenvalue weighted by atomic mass is 16.5. The Kier molecular flexibility index (Phi) is 4.12. The maximum Gasteiger partial charge on any atom is 0.104 e. The number of hydrogen-bond donors (Lipinski definition) is 1. The van der Waals surface area contributed by atoms with Crippen LogP contribution in [0.15, 0.2) is 0 Å². The van der Waals surface area contributed by atoms with E-state index in [9.17, 15) is 5.11 Å². The number of aliphatic hydroxyl groups excluding tert-OH is 1. The lowest BCUT2D eigenvalue weighted by Crippen LogP contribution is -2.47. The van der Waals surface area contributed by atoms with E-state index in [0.717, 1.165) is 13.1 Å². The number of rotatable bonds is 4. The van der Waals surface area contributed by atoms with Gasteiger partial charge in [0, 0.05) is 19.0 Å². The van der Waals surface area contributed by atoms with Crippen molar-refractivity contribution in [1.82, 2.24) is 9.80 Å². The van der Waals surface area contributed by atoms with E-state index in [2.05, 4.69) is 9.80 Å². The summed E-state index contributed by atoms with van der Waals surface area (Å²) < 4.78 is 5.76. The zero-order valence-electron chi connectivity index (χ0n) is 10.5. The summed E-state index contributed by atoms with van der Waals surface area (Å²) in [7, 11) is 8.05. The molecular formula is C11H24N2O2. The highest BCUT2D eigenvalue weighted by molar-refractivity contribution is 4.96. The fraction of sp³-hybridized carbons (Fsp3) is 1.00. The minimum Gasteiger partial charge on any atom is -0.390 e. The third kappa shape index (κ3) is 3.14. The maximum absolute atomic E-state index is 10.2. The van der Waals surface area contributed by atoms with E-state index in [1.165, 1.54) is 0 Å². The molecule has 1 aliphatic heterocycles. The monoisotopic (exact) mass is 216 g/mol. The molecule has 0 aromatic heterocycles. The number of aliphatic hydroxyl groups is 1. The molecule has 15 heavy (non-hydrogen) atoms. The molecule has 4 heteroatoms. The normalized spacial score (nSPS) is 36.8. The molecule has 1 N–H and O–H groups in total. The van der Waals surface area contributed by atoms with Crippen molar-refractivity contribution in [2.24, 2.45) is 5.92 Å². The van der Waals surface area contributed by atoms with E-state index in [-0.39, 0.29) is 12.0 Å². The summed E-state index contributed by atoms with van der Waals surface area (Å²) in [6.45, 7) is 4.29. The first-order valence-corrected chi connectivity index (χ1v) is 5.46. The minimum atomic E-state index is -0.413. The highest BCUT2D eigenvalue weighted by Gasteiger charge is 2.45. The van der Waals surface area contributed by atoms with E-state index in [1.807, 2.05) is 35.1 Å². The molecule has 3 atom stereocenters. The van der Waals surface area contributed by atoms with E-state index < -0.39 is 5.60 Å². The molecule has 1 rings (SSSR count). The van der Waals surface area contributed by atoms with Gasteiger partial charge in [-0.1, -0.05) is 0 Å². The fourth-order valence-electron chi connectivity index (χ4n) is 2.36. The van der Waals surface area contributed by atoms with Crippen LogP contribution in [0.2, 0.25) is 0 Å². The summed E-state index contributed by atoms with van der Waals surface area (Å²) in [6, 6.07) is 0. The molecule has 1 saturated heterocycles. The average Bonchev–Trinajstić information content (AvgIpc) is 2.31. The minimum absolute atomic E-state index is 0.227. The van der Waals surface area contributed by atoms with E-state index in [1.54, 1.807) is 0 Å². The Morgan fingerprint density at radius 3 is 2.33 bits per heavy atom. The van der Waals surface area contributed by atoms with Gasteiger partial charge in [0.25, 0.3) is 0 Å². The summed E-state index contributed by atoms with van der Waals surface area (Å²) in [5, 5.41) is 10.2. The molecule has 0 aliphatic carbocycles. The molecule has 0 aromatic rings. The van der Waals surface area contributed by atoms with Gasteiger partial charge >= 0.3 is 0 Å². The molecular weight excluding hydrogens is 192 g/mol. The first-order chi connectivity index (χ1) is 6.85. The second-order valence-electron chi connectivity index (χ2n) is 5.33. The Balaban J connectivity index is 2.57. The lowest BCUT2D eigenvalue weighted by atomic mass is 9.91. The first-order valence-electron chi connectivity index (χ1n) is 5.46. The van der Waals surface area contributed by atoms with Crippen molar-refractivity contribution < 1.29 is 9.84 Å². The molecule has 0 saturated carbocycles. The van der Waals surface area contributed by atoms with Crippen LogP contribution in [0.5, 0.6) is 0 Å². The van der Waals surface area contributed by atoms with Crippen LogP contribution in [0.4, 0.5) is 0 Å². The largest absolute Gasteiger partial charge is 0.390 e. The summed E-state index contributed by atoms with van der Waals surface area (Å²) in [4.78, 5) is 4.15. The van der Waals surface area contributed by atoms with Crippen molar-refractivity contribution in [2.75, 3.05) is 47.9 Å². The van der Waals surface area contributed by atoms with Crippen molar-refractivity contribution in [3.63, 3.8) is 0 Å². The smallest absolute Gasteiger partial charge is 0.104 e. The quantitative estimate of drug-likeness (QED) is 0.710.